The Morgan fingerprint density at radius 3 is 2.19 bits per heavy atom. The first-order valence-corrected chi connectivity index (χ1v) is 6.98. The van der Waals surface area contributed by atoms with Gasteiger partial charge in [0.05, 0.1) is 0 Å². The summed E-state index contributed by atoms with van der Waals surface area (Å²) in [5.74, 6) is 0.742. The smallest absolute Gasteiger partial charge is 0.166 e. The predicted molar refractivity (Wildman–Crippen MR) is 75.8 cm³/mol. The first-order chi connectivity index (χ1) is 7.69. The molecule has 0 saturated heterocycles. The molecule has 0 amide bonds. The molecule has 0 rings (SSSR count). The lowest BCUT2D eigenvalue weighted by atomic mass is 10.5. The highest BCUT2D eigenvalue weighted by Crippen LogP contribution is 2.26. The summed E-state index contributed by atoms with van der Waals surface area (Å²) in [5, 5.41) is 0. The third kappa shape index (κ3) is 6.53. The van der Waals surface area contributed by atoms with E-state index in [0.717, 1.165) is 15.1 Å². The van der Waals surface area contributed by atoms with E-state index in [-0.39, 0.29) is 6.29 Å². The Bertz CT molecular complexity index is 245. The quantitative estimate of drug-likeness (QED) is 0.472. The van der Waals surface area contributed by atoms with E-state index < -0.39 is 0 Å². The van der Waals surface area contributed by atoms with Gasteiger partial charge in [-0.1, -0.05) is 25.3 Å². The summed E-state index contributed by atoms with van der Waals surface area (Å²) in [6, 6.07) is 0. The molecule has 0 heterocycles. The van der Waals surface area contributed by atoms with Gasteiger partial charge >= 0.3 is 0 Å². The Morgan fingerprint density at radius 2 is 1.81 bits per heavy atom. The highest BCUT2D eigenvalue weighted by atomic mass is 79.9. The van der Waals surface area contributed by atoms with E-state index >= 15 is 0 Å². The van der Waals surface area contributed by atoms with E-state index in [1.807, 2.05) is 13.8 Å². The molecule has 0 aliphatic rings. The molecule has 0 aromatic heterocycles. The van der Waals surface area contributed by atoms with E-state index in [1.54, 1.807) is 23.9 Å². The molecule has 0 unspecified atom stereocenters. The molecule has 16 heavy (non-hydrogen) atoms. The molecule has 0 aromatic carbocycles. The Balaban J connectivity index is 4.26. The minimum absolute atomic E-state index is 0.167. The van der Waals surface area contributed by atoms with Crippen LogP contribution in [0, 0.1) is 0 Å². The van der Waals surface area contributed by atoms with E-state index in [0.29, 0.717) is 13.2 Å². The number of hydrogen-bond donors (Lipinski definition) is 0. The van der Waals surface area contributed by atoms with Crippen LogP contribution in [0.5, 0.6) is 0 Å². The number of thioether (sulfide) groups is 1. The summed E-state index contributed by atoms with van der Waals surface area (Å²) >= 11 is 5.06. The van der Waals surface area contributed by atoms with Crippen molar-refractivity contribution in [1.82, 2.24) is 0 Å². The van der Waals surface area contributed by atoms with E-state index in [9.17, 15) is 0 Å². The molecule has 4 heteroatoms. The molecular formula is C12H19BrO2S. The van der Waals surface area contributed by atoms with Crippen LogP contribution in [-0.2, 0) is 9.47 Å². The zero-order valence-electron chi connectivity index (χ0n) is 9.87. The number of hydrogen-bond acceptors (Lipinski definition) is 3. The van der Waals surface area contributed by atoms with Crippen molar-refractivity contribution in [3.63, 3.8) is 0 Å². The maximum atomic E-state index is 5.45. The lowest BCUT2D eigenvalue weighted by Crippen LogP contribution is -2.20. The summed E-state index contributed by atoms with van der Waals surface area (Å²) < 4.78 is 11.8. The van der Waals surface area contributed by atoms with Gasteiger partial charge in [-0.05, 0) is 29.8 Å². The van der Waals surface area contributed by atoms with Crippen LogP contribution in [0.2, 0.25) is 0 Å². The molecule has 0 spiro atoms. The lowest BCUT2D eigenvalue weighted by Gasteiger charge is -2.16. The van der Waals surface area contributed by atoms with Crippen LogP contribution in [0.25, 0.3) is 0 Å². The van der Waals surface area contributed by atoms with Crippen LogP contribution in [-0.4, -0.2) is 25.3 Å². The van der Waals surface area contributed by atoms with Gasteiger partial charge in [-0.2, -0.15) is 0 Å². The van der Waals surface area contributed by atoms with Gasteiger partial charge in [-0.3, -0.25) is 0 Å². The zero-order chi connectivity index (χ0) is 12.4. The molecule has 0 N–H and O–H groups in total. The van der Waals surface area contributed by atoms with Gasteiger partial charge in [0.1, 0.15) is 0 Å². The van der Waals surface area contributed by atoms with Crippen LogP contribution in [0.1, 0.15) is 13.8 Å². The summed E-state index contributed by atoms with van der Waals surface area (Å²) in [5.41, 5.74) is 0. The molecule has 92 valence electrons. The van der Waals surface area contributed by atoms with Crippen LogP contribution < -0.4 is 0 Å². The number of ether oxygens (including phenoxy) is 2. The average molecular weight is 307 g/mol. The van der Waals surface area contributed by atoms with Gasteiger partial charge in [0.15, 0.2) is 6.29 Å². The van der Waals surface area contributed by atoms with Crippen LogP contribution >= 0.6 is 27.7 Å². The van der Waals surface area contributed by atoms with E-state index in [1.165, 1.54) is 0 Å². The SMILES string of the molecule is C=C/C(Br)=C(\C=C)SCC(OCC)OCC. The predicted octanol–water partition coefficient (Wildman–Crippen LogP) is 4.10. The summed E-state index contributed by atoms with van der Waals surface area (Å²) in [6.45, 7) is 12.7. The fourth-order valence-electron chi connectivity index (χ4n) is 1.000. The topological polar surface area (TPSA) is 18.5 Å². The molecule has 0 radical (unpaired) electrons. The van der Waals surface area contributed by atoms with E-state index in [4.69, 9.17) is 9.47 Å². The largest absolute Gasteiger partial charge is 0.352 e. The second-order valence-corrected chi connectivity index (χ2v) is 4.69. The van der Waals surface area contributed by atoms with Gasteiger partial charge in [-0.25, -0.2) is 0 Å². The fraction of sp³-hybridized carbons (Fsp3) is 0.500. The van der Waals surface area contributed by atoms with Crippen LogP contribution in [0.15, 0.2) is 34.7 Å². The normalized spacial score (nSPS) is 12.5. The average Bonchev–Trinajstić information content (AvgIpc) is 2.29. The van der Waals surface area contributed by atoms with Crippen molar-refractivity contribution in [2.75, 3.05) is 19.0 Å². The molecule has 0 aliphatic heterocycles. The Morgan fingerprint density at radius 1 is 1.25 bits per heavy atom. The van der Waals surface area contributed by atoms with Gasteiger partial charge in [0, 0.05) is 28.4 Å². The Kier molecular flexibility index (Phi) is 10.1. The Labute approximate surface area is 111 Å². The van der Waals surface area contributed by atoms with Gasteiger partial charge < -0.3 is 9.47 Å². The van der Waals surface area contributed by atoms with Crippen molar-refractivity contribution in [3.05, 3.63) is 34.7 Å². The standard InChI is InChI=1S/C12H19BrO2S/c1-5-10(13)11(6-2)16-9-12(14-7-3)15-8-4/h5-6,12H,1-2,7-9H2,3-4H3/b11-10-. The molecule has 0 atom stereocenters. The van der Waals surface area contributed by atoms with Crippen molar-refractivity contribution in [2.45, 2.75) is 20.1 Å². The molecule has 2 nitrogen and oxygen atoms in total. The van der Waals surface area contributed by atoms with Gasteiger partial charge in [0.2, 0.25) is 0 Å². The van der Waals surface area contributed by atoms with Crippen molar-refractivity contribution in [2.24, 2.45) is 0 Å². The first-order valence-electron chi connectivity index (χ1n) is 5.20. The number of allylic oxidation sites excluding steroid dienone is 3. The van der Waals surface area contributed by atoms with Gasteiger partial charge in [-0.15, -0.1) is 11.8 Å². The number of rotatable bonds is 9. The van der Waals surface area contributed by atoms with Crippen molar-refractivity contribution in [1.29, 1.82) is 0 Å². The molecule has 0 saturated carbocycles. The summed E-state index contributed by atoms with van der Waals surface area (Å²) in [4.78, 5) is 1.04. The minimum Gasteiger partial charge on any atom is -0.352 e. The summed E-state index contributed by atoms with van der Waals surface area (Å²) in [7, 11) is 0. The third-order valence-electron chi connectivity index (χ3n) is 1.68. The highest BCUT2D eigenvalue weighted by Gasteiger charge is 2.09. The third-order valence-corrected chi connectivity index (χ3v) is 3.83. The fourth-order valence-corrected chi connectivity index (χ4v) is 2.35. The molecule has 0 aliphatic carbocycles. The monoisotopic (exact) mass is 306 g/mol. The lowest BCUT2D eigenvalue weighted by molar-refractivity contribution is -0.119. The summed E-state index contributed by atoms with van der Waals surface area (Å²) in [6.07, 6.45) is 3.38. The van der Waals surface area contributed by atoms with Gasteiger partial charge in [0.25, 0.3) is 0 Å². The second-order valence-electron chi connectivity index (χ2n) is 2.77. The Hall–Kier alpha value is -0.0300. The van der Waals surface area contributed by atoms with Crippen LogP contribution in [0.3, 0.4) is 0 Å². The molecule has 0 bridgehead atoms. The molecule has 0 aromatic rings. The first kappa shape index (κ1) is 16.0. The molecule has 0 fully saturated rings. The maximum absolute atomic E-state index is 5.45. The highest BCUT2D eigenvalue weighted by molar-refractivity contribution is 9.12. The molecular weight excluding hydrogens is 288 g/mol. The minimum atomic E-state index is -0.167. The van der Waals surface area contributed by atoms with Crippen molar-refractivity contribution >= 4 is 27.7 Å². The second kappa shape index (κ2) is 10.1. The van der Waals surface area contributed by atoms with E-state index in [2.05, 4.69) is 29.1 Å². The van der Waals surface area contributed by atoms with Crippen molar-refractivity contribution in [3.8, 4) is 0 Å². The zero-order valence-corrected chi connectivity index (χ0v) is 12.3. The van der Waals surface area contributed by atoms with Crippen molar-refractivity contribution < 1.29 is 9.47 Å². The maximum Gasteiger partial charge on any atom is 0.166 e. The number of halogens is 1. The van der Waals surface area contributed by atoms with Crippen LogP contribution in [0.4, 0.5) is 0 Å².